The summed E-state index contributed by atoms with van der Waals surface area (Å²) in [5.74, 6) is -0.106. The average Bonchev–Trinajstić information content (AvgIpc) is 2.14. The van der Waals surface area contributed by atoms with Gasteiger partial charge >= 0.3 is 6.09 Å². The SMILES string of the molecule is CC(N)C1CCN(C(=O)OC(C)(C)C)CC1=O. The third-order valence-electron chi connectivity index (χ3n) is 2.76. The number of nitrogens with zero attached hydrogens (tertiary/aromatic N) is 1. The molecule has 1 heterocycles. The van der Waals surface area contributed by atoms with Crippen LogP contribution in [0.5, 0.6) is 0 Å². The van der Waals surface area contributed by atoms with Crippen molar-refractivity contribution in [2.75, 3.05) is 13.1 Å². The van der Waals surface area contributed by atoms with Gasteiger partial charge in [-0.2, -0.15) is 0 Å². The second-order valence-electron chi connectivity index (χ2n) is 5.62. The van der Waals surface area contributed by atoms with Crippen LogP contribution in [-0.4, -0.2) is 41.5 Å². The van der Waals surface area contributed by atoms with Crippen molar-refractivity contribution in [3.63, 3.8) is 0 Å². The summed E-state index contributed by atoms with van der Waals surface area (Å²) in [6.45, 7) is 7.89. The third-order valence-corrected chi connectivity index (χ3v) is 2.76. The van der Waals surface area contributed by atoms with Crippen molar-refractivity contribution >= 4 is 11.9 Å². The highest BCUT2D eigenvalue weighted by Gasteiger charge is 2.33. The van der Waals surface area contributed by atoms with Crippen molar-refractivity contribution in [3.05, 3.63) is 0 Å². The Morgan fingerprint density at radius 3 is 2.53 bits per heavy atom. The van der Waals surface area contributed by atoms with E-state index in [1.165, 1.54) is 4.90 Å². The maximum atomic E-state index is 11.8. The first-order chi connectivity index (χ1) is 7.70. The third kappa shape index (κ3) is 4.00. The van der Waals surface area contributed by atoms with Crippen molar-refractivity contribution in [2.45, 2.75) is 45.8 Å². The van der Waals surface area contributed by atoms with E-state index in [-0.39, 0.29) is 24.3 Å². The minimum atomic E-state index is -0.530. The number of rotatable bonds is 1. The molecule has 1 fully saturated rings. The maximum Gasteiger partial charge on any atom is 0.410 e. The summed E-state index contributed by atoms with van der Waals surface area (Å²) < 4.78 is 5.22. The lowest BCUT2D eigenvalue weighted by molar-refractivity contribution is -0.127. The fourth-order valence-corrected chi connectivity index (χ4v) is 1.88. The van der Waals surface area contributed by atoms with E-state index >= 15 is 0 Å². The molecule has 0 saturated carbocycles. The summed E-state index contributed by atoms with van der Waals surface area (Å²) in [5, 5.41) is 0. The first-order valence-corrected chi connectivity index (χ1v) is 5.97. The number of ketones is 1. The second-order valence-corrected chi connectivity index (χ2v) is 5.62. The molecule has 0 radical (unpaired) electrons. The Balaban J connectivity index is 2.55. The standard InChI is InChI=1S/C12H22N2O3/c1-8(13)9-5-6-14(7-10(9)15)11(16)17-12(2,3)4/h8-9H,5-7,13H2,1-4H3. The predicted molar refractivity (Wildman–Crippen MR) is 64.6 cm³/mol. The van der Waals surface area contributed by atoms with Crippen molar-refractivity contribution < 1.29 is 14.3 Å². The van der Waals surface area contributed by atoms with Crippen molar-refractivity contribution in [1.29, 1.82) is 0 Å². The highest BCUT2D eigenvalue weighted by molar-refractivity contribution is 5.87. The van der Waals surface area contributed by atoms with Gasteiger partial charge in [0.25, 0.3) is 0 Å². The molecule has 2 unspecified atom stereocenters. The second kappa shape index (κ2) is 5.04. The molecule has 0 aromatic rings. The molecule has 1 rings (SSSR count). The number of amides is 1. The molecule has 1 aliphatic rings. The number of ether oxygens (including phenoxy) is 1. The molecule has 5 nitrogen and oxygen atoms in total. The van der Waals surface area contributed by atoms with Crippen LogP contribution in [-0.2, 0) is 9.53 Å². The lowest BCUT2D eigenvalue weighted by Crippen LogP contribution is -2.49. The molecule has 5 heteroatoms. The van der Waals surface area contributed by atoms with Gasteiger partial charge in [0, 0.05) is 18.5 Å². The Labute approximate surface area is 102 Å². The van der Waals surface area contributed by atoms with Gasteiger partial charge in [-0.3, -0.25) is 4.79 Å². The van der Waals surface area contributed by atoms with E-state index in [1.54, 1.807) is 20.8 Å². The largest absolute Gasteiger partial charge is 0.444 e. The van der Waals surface area contributed by atoms with Crippen molar-refractivity contribution in [1.82, 2.24) is 4.90 Å². The molecule has 2 atom stereocenters. The molecule has 1 amide bonds. The number of hydrogen-bond donors (Lipinski definition) is 1. The zero-order valence-corrected chi connectivity index (χ0v) is 11.0. The van der Waals surface area contributed by atoms with Gasteiger partial charge < -0.3 is 15.4 Å². The Morgan fingerprint density at radius 1 is 1.53 bits per heavy atom. The summed E-state index contributed by atoms with van der Waals surface area (Å²) in [6, 6.07) is -0.150. The lowest BCUT2D eigenvalue weighted by atomic mass is 9.90. The molecule has 0 bridgehead atoms. The molecule has 0 aromatic heterocycles. The molecule has 17 heavy (non-hydrogen) atoms. The van der Waals surface area contributed by atoms with Crippen LogP contribution in [0.25, 0.3) is 0 Å². The van der Waals surface area contributed by atoms with Crippen molar-refractivity contribution in [2.24, 2.45) is 11.7 Å². The van der Waals surface area contributed by atoms with E-state index in [0.29, 0.717) is 13.0 Å². The average molecular weight is 242 g/mol. The van der Waals surface area contributed by atoms with E-state index < -0.39 is 11.7 Å². The molecule has 0 aromatic carbocycles. The smallest absolute Gasteiger partial charge is 0.410 e. The maximum absolute atomic E-state index is 11.8. The van der Waals surface area contributed by atoms with Gasteiger partial charge in [-0.15, -0.1) is 0 Å². The minimum Gasteiger partial charge on any atom is -0.444 e. The molecule has 0 spiro atoms. The number of carbonyl (C=O) groups is 2. The fraction of sp³-hybridized carbons (Fsp3) is 0.833. The zero-order valence-electron chi connectivity index (χ0n) is 11.0. The first-order valence-electron chi connectivity index (χ1n) is 5.97. The van der Waals surface area contributed by atoms with Crippen LogP contribution < -0.4 is 5.73 Å². The summed E-state index contributed by atoms with van der Waals surface area (Å²) in [6.07, 6.45) is 0.199. The van der Waals surface area contributed by atoms with Crippen LogP contribution >= 0.6 is 0 Å². The Bertz CT molecular complexity index is 307. The van der Waals surface area contributed by atoms with Crippen LogP contribution in [0.1, 0.15) is 34.1 Å². The van der Waals surface area contributed by atoms with Gasteiger partial charge in [-0.25, -0.2) is 4.79 Å². The monoisotopic (exact) mass is 242 g/mol. The number of likely N-dealkylation sites (tertiary alicyclic amines) is 1. The van der Waals surface area contributed by atoms with Crippen LogP contribution in [0.15, 0.2) is 0 Å². The Hall–Kier alpha value is -1.10. The number of nitrogens with two attached hydrogens (primary N) is 1. The van der Waals surface area contributed by atoms with Crippen LogP contribution in [0, 0.1) is 5.92 Å². The van der Waals surface area contributed by atoms with E-state index in [1.807, 2.05) is 6.92 Å². The first kappa shape index (κ1) is 14.0. The summed E-state index contributed by atoms with van der Waals surface area (Å²) in [7, 11) is 0. The molecule has 1 saturated heterocycles. The molecular formula is C12H22N2O3. The number of hydrogen-bond acceptors (Lipinski definition) is 4. The van der Waals surface area contributed by atoms with Gasteiger partial charge in [-0.05, 0) is 34.1 Å². The topological polar surface area (TPSA) is 72.6 Å². The predicted octanol–water partition coefficient (Wildman–Crippen LogP) is 1.16. The summed E-state index contributed by atoms with van der Waals surface area (Å²) in [5.41, 5.74) is 5.20. The zero-order chi connectivity index (χ0) is 13.2. The van der Waals surface area contributed by atoms with Crippen LogP contribution in [0.2, 0.25) is 0 Å². The molecule has 0 aliphatic carbocycles. The normalized spacial score (nSPS) is 23.5. The Kier molecular flexibility index (Phi) is 4.14. The molecule has 2 N–H and O–H groups in total. The molecule has 1 aliphatic heterocycles. The summed E-state index contributed by atoms with van der Waals surface area (Å²) >= 11 is 0. The lowest BCUT2D eigenvalue weighted by Gasteiger charge is -2.33. The fourth-order valence-electron chi connectivity index (χ4n) is 1.88. The number of carbonyl (C=O) groups excluding carboxylic acids is 2. The van der Waals surface area contributed by atoms with Gasteiger partial charge in [0.05, 0.1) is 6.54 Å². The van der Waals surface area contributed by atoms with Crippen LogP contribution in [0.4, 0.5) is 4.79 Å². The van der Waals surface area contributed by atoms with E-state index in [4.69, 9.17) is 10.5 Å². The summed E-state index contributed by atoms with van der Waals surface area (Å²) in [4.78, 5) is 25.0. The quantitative estimate of drug-likeness (QED) is 0.749. The highest BCUT2D eigenvalue weighted by atomic mass is 16.6. The molecular weight excluding hydrogens is 220 g/mol. The van der Waals surface area contributed by atoms with Gasteiger partial charge in [0.1, 0.15) is 5.60 Å². The van der Waals surface area contributed by atoms with E-state index in [0.717, 1.165) is 0 Å². The highest BCUT2D eigenvalue weighted by Crippen LogP contribution is 2.19. The van der Waals surface area contributed by atoms with Gasteiger partial charge in [-0.1, -0.05) is 0 Å². The van der Waals surface area contributed by atoms with Gasteiger partial charge in [0.2, 0.25) is 0 Å². The van der Waals surface area contributed by atoms with Crippen LogP contribution in [0.3, 0.4) is 0 Å². The molecule has 98 valence electrons. The minimum absolute atomic E-state index is 0.0251. The Morgan fingerprint density at radius 2 is 2.12 bits per heavy atom. The van der Waals surface area contributed by atoms with E-state index in [9.17, 15) is 9.59 Å². The van der Waals surface area contributed by atoms with Crippen molar-refractivity contribution in [3.8, 4) is 0 Å². The number of Topliss-reactive ketones (excluding diaryl/α,β-unsaturated/α-hetero) is 1. The van der Waals surface area contributed by atoms with Gasteiger partial charge in [0.15, 0.2) is 5.78 Å². The van der Waals surface area contributed by atoms with E-state index in [2.05, 4.69) is 0 Å². The number of piperidine rings is 1.